The zero-order valence-corrected chi connectivity index (χ0v) is 12.4. The maximum atomic E-state index is 12.5. The van der Waals surface area contributed by atoms with Gasteiger partial charge in [-0.1, -0.05) is 39.0 Å². The molecule has 2 saturated carbocycles. The number of amides is 1. The Morgan fingerprint density at radius 2 is 1.68 bits per heavy atom. The van der Waals surface area contributed by atoms with E-state index in [1.165, 1.54) is 44.9 Å². The van der Waals surface area contributed by atoms with Gasteiger partial charge in [-0.05, 0) is 44.1 Å². The van der Waals surface area contributed by atoms with Crippen LogP contribution in [0, 0.1) is 17.8 Å². The number of carbonyl (C=O) groups is 1. The highest BCUT2D eigenvalue weighted by Crippen LogP contribution is 2.31. The van der Waals surface area contributed by atoms with Crippen molar-refractivity contribution >= 4 is 5.91 Å². The summed E-state index contributed by atoms with van der Waals surface area (Å²) in [7, 11) is 0. The van der Waals surface area contributed by atoms with E-state index < -0.39 is 0 Å². The lowest BCUT2D eigenvalue weighted by Crippen LogP contribution is -2.47. The molecule has 110 valence electrons. The number of hydrogen-bond donors (Lipinski definition) is 2. The van der Waals surface area contributed by atoms with Gasteiger partial charge in [0, 0.05) is 12.0 Å². The third-order valence-corrected chi connectivity index (χ3v) is 5.31. The van der Waals surface area contributed by atoms with Gasteiger partial charge in [-0.3, -0.25) is 4.79 Å². The lowest BCUT2D eigenvalue weighted by molar-refractivity contribution is -0.129. The molecule has 4 atom stereocenters. The Kier molecular flexibility index (Phi) is 5.68. The number of rotatable bonds is 4. The molecular weight excluding hydrogens is 236 g/mol. The quantitative estimate of drug-likeness (QED) is 0.822. The average molecular weight is 266 g/mol. The third kappa shape index (κ3) is 3.71. The second-order valence-corrected chi connectivity index (χ2v) is 6.45. The fraction of sp³-hybridized carbons (Fsp3) is 0.938. The van der Waals surface area contributed by atoms with Crippen LogP contribution in [0.5, 0.6) is 0 Å². The van der Waals surface area contributed by atoms with Crippen molar-refractivity contribution in [2.75, 3.05) is 6.54 Å². The first-order valence-electron chi connectivity index (χ1n) is 8.26. The summed E-state index contributed by atoms with van der Waals surface area (Å²) in [5, 5.41) is 3.36. The van der Waals surface area contributed by atoms with Gasteiger partial charge in [0.2, 0.25) is 5.91 Å². The van der Waals surface area contributed by atoms with Crippen LogP contribution < -0.4 is 11.1 Å². The maximum Gasteiger partial charge on any atom is 0.223 e. The third-order valence-electron chi connectivity index (χ3n) is 5.31. The summed E-state index contributed by atoms with van der Waals surface area (Å²) < 4.78 is 0. The molecule has 0 heterocycles. The van der Waals surface area contributed by atoms with Crippen LogP contribution in [-0.2, 0) is 4.79 Å². The summed E-state index contributed by atoms with van der Waals surface area (Å²) in [6.07, 6.45) is 10.9. The summed E-state index contributed by atoms with van der Waals surface area (Å²) in [6, 6.07) is 0.423. The van der Waals surface area contributed by atoms with Crippen LogP contribution in [0.2, 0.25) is 0 Å². The van der Waals surface area contributed by atoms with Crippen LogP contribution in [0.3, 0.4) is 0 Å². The van der Waals surface area contributed by atoms with Gasteiger partial charge in [0.05, 0.1) is 0 Å². The molecule has 0 radical (unpaired) electrons. The van der Waals surface area contributed by atoms with Gasteiger partial charge in [0.25, 0.3) is 0 Å². The first-order valence-corrected chi connectivity index (χ1v) is 8.26. The molecule has 19 heavy (non-hydrogen) atoms. The van der Waals surface area contributed by atoms with Crippen molar-refractivity contribution in [3.8, 4) is 0 Å². The van der Waals surface area contributed by atoms with Crippen molar-refractivity contribution < 1.29 is 4.79 Å². The summed E-state index contributed by atoms with van der Waals surface area (Å²) in [6.45, 7) is 2.92. The van der Waals surface area contributed by atoms with E-state index in [9.17, 15) is 4.79 Å². The van der Waals surface area contributed by atoms with Crippen LogP contribution in [0.25, 0.3) is 0 Å². The Labute approximate surface area is 117 Å². The molecule has 0 aromatic rings. The topological polar surface area (TPSA) is 55.1 Å². The molecule has 4 unspecified atom stereocenters. The molecule has 2 fully saturated rings. The summed E-state index contributed by atoms with van der Waals surface area (Å²) in [5.41, 5.74) is 5.84. The van der Waals surface area contributed by atoms with Crippen molar-refractivity contribution in [3.63, 3.8) is 0 Å². The summed E-state index contributed by atoms with van der Waals surface area (Å²) >= 11 is 0. The van der Waals surface area contributed by atoms with E-state index in [-0.39, 0.29) is 5.92 Å². The summed E-state index contributed by atoms with van der Waals surface area (Å²) in [5.74, 6) is 1.58. The molecule has 2 rings (SSSR count). The number of hydrogen-bond acceptors (Lipinski definition) is 2. The van der Waals surface area contributed by atoms with E-state index in [0.717, 1.165) is 12.8 Å². The molecule has 0 bridgehead atoms. The molecule has 3 heteroatoms. The molecule has 0 aromatic heterocycles. The highest BCUT2D eigenvalue weighted by molar-refractivity contribution is 5.79. The summed E-state index contributed by atoms with van der Waals surface area (Å²) in [4.78, 5) is 12.5. The molecule has 0 spiro atoms. The molecule has 0 saturated heterocycles. The molecule has 1 amide bonds. The molecule has 2 aliphatic carbocycles. The Morgan fingerprint density at radius 3 is 2.37 bits per heavy atom. The molecule has 0 aliphatic heterocycles. The SMILES string of the molecule is CCC1CCCCC1NC(=O)C1CCCCC1CN. The van der Waals surface area contributed by atoms with Gasteiger partial charge < -0.3 is 11.1 Å². The molecule has 3 nitrogen and oxygen atoms in total. The molecular formula is C16H30N2O. The van der Waals surface area contributed by atoms with Gasteiger partial charge >= 0.3 is 0 Å². The molecule has 2 aliphatic rings. The minimum Gasteiger partial charge on any atom is -0.353 e. The van der Waals surface area contributed by atoms with E-state index in [1.54, 1.807) is 0 Å². The monoisotopic (exact) mass is 266 g/mol. The lowest BCUT2D eigenvalue weighted by atomic mass is 9.77. The normalized spacial score (nSPS) is 35.9. The first kappa shape index (κ1) is 14.8. The van der Waals surface area contributed by atoms with Gasteiger partial charge in [-0.25, -0.2) is 0 Å². The van der Waals surface area contributed by atoms with Crippen LogP contribution in [-0.4, -0.2) is 18.5 Å². The van der Waals surface area contributed by atoms with Crippen LogP contribution in [0.15, 0.2) is 0 Å². The van der Waals surface area contributed by atoms with Crippen molar-refractivity contribution in [2.24, 2.45) is 23.5 Å². The predicted molar refractivity (Wildman–Crippen MR) is 78.7 cm³/mol. The van der Waals surface area contributed by atoms with Gasteiger partial charge in [-0.15, -0.1) is 0 Å². The minimum absolute atomic E-state index is 0.179. The van der Waals surface area contributed by atoms with Crippen LogP contribution in [0.1, 0.15) is 64.7 Å². The van der Waals surface area contributed by atoms with Gasteiger partial charge in [-0.2, -0.15) is 0 Å². The van der Waals surface area contributed by atoms with E-state index in [0.29, 0.717) is 30.3 Å². The lowest BCUT2D eigenvalue weighted by Gasteiger charge is -2.35. The Bertz CT molecular complexity index is 292. The molecule has 0 aromatic carbocycles. The Hall–Kier alpha value is -0.570. The zero-order valence-electron chi connectivity index (χ0n) is 12.4. The smallest absolute Gasteiger partial charge is 0.223 e. The Morgan fingerprint density at radius 1 is 1.05 bits per heavy atom. The standard InChI is InChI=1S/C16H30N2O/c1-2-12-7-4-6-10-15(12)18-16(19)14-9-5-3-8-13(14)11-17/h12-15H,2-11,17H2,1H3,(H,18,19). The molecule has 3 N–H and O–H groups in total. The average Bonchev–Trinajstić information content (AvgIpc) is 2.47. The van der Waals surface area contributed by atoms with E-state index in [1.807, 2.05) is 0 Å². The number of carbonyl (C=O) groups excluding carboxylic acids is 1. The van der Waals surface area contributed by atoms with Crippen molar-refractivity contribution in [1.82, 2.24) is 5.32 Å². The van der Waals surface area contributed by atoms with Gasteiger partial charge in [0.1, 0.15) is 0 Å². The fourth-order valence-electron chi connectivity index (χ4n) is 4.01. The second kappa shape index (κ2) is 7.28. The van der Waals surface area contributed by atoms with Crippen molar-refractivity contribution in [2.45, 2.75) is 70.8 Å². The van der Waals surface area contributed by atoms with E-state index >= 15 is 0 Å². The van der Waals surface area contributed by atoms with Crippen LogP contribution in [0.4, 0.5) is 0 Å². The zero-order chi connectivity index (χ0) is 13.7. The highest BCUT2D eigenvalue weighted by Gasteiger charge is 2.32. The Balaban J connectivity index is 1.91. The van der Waals surface area contributed by atoms with E-state index in [2.05, 4.69) is 12.2 Å². The van der Waals surface area contributed by atoms with Gasteiger partial charge in [0.15, 0.2) is 0 Å². The van der Waals surface area contributed by atoms with E-state index in [4.69, 9.17) is 5.73 Å². The fourth-order valence-corrected chi connectivity index (χ4v) is 4.01. The second-order valence-electron chi connectivity index (χ2n) is 6.45. The predicted octanol–water partition coefficient (Wildman–Crippen LogP) is 2.84. The number of nitrogens with one attached hydrogen (secondary N) is 1. The largest absolute Gasteiger partial charge is 0.353 e. The first-order chi connectivity index (χ1) is 9.26. The highest BCUT2D eigenvalue weighted by atomic mass is 16.2. The van der Waals surface area contributed by atoms with Crippen molar-refractivity contribution in [1.29, 1.82) is 0 Å². The van der Waals surface area contributed by atoms with Crippen LogP contribution >= 0.6 is 0 Å². The maximum absolute atomic E-state index is 12.5. The van der Waals surface area contributed by atoms with Crippen molar-refractivity contribution in [3.05, 3.63) is 0 Å². The number of nitrogens with two attached hydrogens (primary N) is 1. The minimum atomic E-state index is 0.179.